The van der Waals surface area contributed by atoms with E-state index in [1.165, 1.54) is 0 Å². The molecular weight excluding hydrogens is 609 g/mol. The molecule has 0 heterocycles. The minimum atomic E-state index is -4.17. The van der Waals surface area contributed by atoms with Gasteiger partial charge in [0.1, 0.15) is 0 Å². The standard InChI is InChI=1S/C6H6Cl6.C6H6Cl3P.ClH2O3P/c7-1-2(8)4(10)6(12)5(11)3(1)9;7-10(8,9)6-4-2-1-3-5-6;1-5(2,3)4/h1-6H;1-5,10H;(H2,2,3,4)/t1-,2-,3-,4+,5+,6+;;. The zero-order valence-corrected chi connectivity index (χ0v) is 22.3. The average Bonchev–Trinajstić information content (AvgIpc) is 2.56. The Labute approximate surface area is 207 Å². The second kappa shape index (κ2) is 13.3. The Hall–Kier alpha value is 2.70. The van der Waals surface area contributed by atoms with E-state index in [1.54, 1.807) is 0 Å². The molecule has 0 saturated heterocycles. The van der Waals surface area contributed by atoms with Crippen LogP contribution in [-0.2, 0) is 4.57 Å². The van der Waals surface area contributed by atoms with E-state index in [-0.39, 0.29) is 0 Å². The summed E-state index contributed by atoms with van der Waals surface area (Å²) in [5.41, 5.74) is 0. The molecule has 0 aromatic heterocycles. The van der Waals surface area contributed by atoms with Crippen molar-refractivity contribution in [3.05, 3.63) is 30.3 Å². The first-order valence-corrected chi connectivity index (χ1v) is 17.0. The van der Waals surface area contributed by atoms with Crippen LogP contribution in [0.1, 0.15) is 0 Å². The van der Waals surface area contributed by atoms with Gasteiger partial charge >= 0.3 is 81.6 Å². The average molecular weight is 623 g/mol. The van der Waals surface area contributed by atoms with Crippen molar-refractivity contribution in [3.63, 3.8) is 0 Å². The molecular formula is C12H14Cl10O3P2. The molecule has 1 aliphatic carbocycles. The largest absolute Gasteiger partial charge is 0.419 e. The molecule has 0 amide bonds. The number of hydrogen-bond acceptors (Lipinski definition) is 1. The molecule has 0 radical (unpaired) electrons. The van der Waals surface area contributed by atoms with Crippen LogP contribution < -0.4 is 5.30 Å². The van der Waals surface area contributed by atoms with E-state index >= 15 is 0 Å². The van der Waals surface area contributed by atoms with Gasteiger partial charge in [-0.3, -0.25) is 0 Å². The van der Waals surface area contributed by atoms with Gasteiger partial charge in [-0.05, 0) is 0 Å². The normalized spacial score (nSPS) is 31.7. The third-order valence-corrected chi connectivity index (χ3v) is 9.91. The summed E-state index contributed by atoms with van der Waals surface area (Å²) in [5.74, 6) is 0. The van der Waals surface area contributed by atoms with Crippen LogP contribution in [0, 0.1) is 0 Å². The molecule has 1 aromatic carbocycles. The zero-order valence-electron chi connectivity index (χ0n) is 12.9. The Morgan fingerprint density at radius 1 is 0.704 bits per heavy atom. The monoisotopic (exact) mass is 618 g/mol. The van der Waals surface area contributed by atoms with Crippen molar-refractivity contribution >= 4 is 132 Å². The van der Waals surface area contributed by atoms with Gasteiger partial charge in [-0.1, -0.05) is 0 Å². The molecule has 15 heteroatoms. The zero-order chi connectivity index (χ0) is 21.6. The topological polar surface area (TPSA) is 57.5 Å². The van der Waals surface area contributed by atoms with Crippen LogP contribution in [0.25, 0.3) is 0 Å². The molecule has 0 atom stereocenters. The van der Waals surface area contributed by atoms with Gasteiger partial charge in [0.25, 0.3) is 0 Å². The maximum Gasteiger partial charge on any atom is 0.419 e. The Kier molecular flexibility index (Phi) is 14.6. The molecule has 0 bridgehead atoms. The van der Waals surface area contributed by atoms with Crippen LogP contribution in [0.3, 0.4) is 0 Å². The van der Waals surface area contributed by atoms with Crippen LogP contribution in [-0.4, -0.2) is 42.0 Å². The first-order chi connectivity index (χ1) is 12.1. The first-order valence-electron chi connectivity index (χ1n) is 6.79. The molecule has 27 heavy (non-hydrogen) atoms. The van der Waals surface area contributed by atoms with E-state index in [2.05, 4.69) is 11.2 Å². The number of alkyl halides is 6. The van der Waals surface area contributed by atoms with E-state index in [0.29, 0.717) is 0 Å². The van der Waals surface area contributed by atoms with E-state index in [0.717, 1.165) is 5.30 Å². The molecule has 160 valence electrons. The fraction of sp³-hybridized carbons (Fsp3) is 0.500. The van der Waals surface area contributed by atoms with E-state index < -0.39 is 44.5 Å². The Bertz CT molecular complexity index is 532. The van der Waals surface area contributed by atoms with Gasteiger partial charge in [0.05, 0.1) is 32.3 Å². The second-order valence-electron chi connectivity index (χ2n) is 5.00. The summed E-state index contributed by atoms with van der Waals surface area (Å²) in [6, 6.07) is 9.29. The van der Waals surface area contributed by atoms with Gasteiger partial charge in [-0.15, -0.1) is 69.6 Å². The summed E-state index contributed by atoms with van der Waals surface area (Å²) < 4.78 is 9.09. The fourth-order valence-corrected chi connectivity index (χ4v) is 5.71. The van der Waals surface area contributed by atoms with E-state index in [4.69, 9.17) is 118 Å². The first kappa shape index (κ1) is 29.7. The smallest absolute Gasteiger partial charge is 0.313 e. The van der Waals surface area contributed by atoms with Gasteiger partial charge < -0.3 is 9.79 Å². The van der Waals surface area contributed by atoms with Crippen molar-refractivity contribution in [2.75, 3.05) is 0 Å². The molecule has 3 nitrogen and oxygen atoms in total. The van der Waals surface area contributed by atoms with Crippen molar-refractivity contribution < 1.29 is 14.4 Å². The van der Waals surface area contributed by atoms with Gasteiger partial charge in [-0.25, -0.2) is 4.57 Å². The van der Waals surface area contributed by atoms with Gasteiger partial charge in [0.15, 0.2) is 0 Å². The molecule has 0 unspecified atom stereocenters. The van der Waals surface area contributed by atoms with E-state index in [9.17, 15) is 0 Å². The minimum absolute atomic E-state index is 0.437. The Morgan fingerprint density at radius 3 is 1.07 bits per heavy atom. The molecule has 1 fully saturated rings. The minimum Gasteiger partial charge on any atom is -0.313 e. The van der Waals surface area contributed by atoms with Crippen molar-refractivity contribution in [3.8, 4) is 0 Å². The second-order valence-corrected chi connectivity index (χ2v) is 18.7. The van der Waals surface area contributed by atoms with Crippen molar-refractivity contribution in [1.82, 2.24) is 0 Å². The molecule has 2 N–H and O–H groups in total. The third kappa shape index (κ3) is 12.4. The van der Waals surface area contributed by atoms with Gasteiger partial charge in [0, 0.05) is 11.2 Å². The third-order valence-electron chi connectivity index (χ3n) is 2.93. The summed E-state index contributed by atoms with van der Waals surface area (Å²) in [4.78, 5) is 14.8. The summed E-state index contributed by atoms with van der Waals surface area (Å²) >= 11 is 56.7. The Morgan fingerprint density at radius 2 is 0.926 bits per heavy atom. The SMILES string of the molecule is Cl[C@H]1[C@H](Cl)[C@@H](Cl)[C@@H](Cl)[C@H](Cl)[C@H]1Cl.Cl[PH](Cl)(Cl)c1ccccc1.O=P(O)(O)Cl. The van der Waals surface area contributed by atoms with E-state index in [1.807, 2.05) is 30.3 Å². The maximum absolute atomic E-state index is 9.09. The van der Waals surface area contributed by atoms with Crippen molar-refractivity contribution in [1.29, 1.82) is 0 Å². The number of rotatable bonds is 1. The van der Waals surface area contributed by atoms with Crippen LogP contribution in [0.2, 0.25) is 0 Å². The summed E-state index contributed by atoms with van der Waals surface area (Å²) in [7, 11) is 0. The summed E-state index contributed by atoms with van der Waals surface area (Å²) in [5, 5.41) is -4.40. The van der Waals surface area contributed by atoms with Gasteiger partial charge in [0.2, 0.25) is 0 Å². The number of halogens is 10. The van der Waals surface area contributed by atoms with Crippen LogP contribution in [0.4, 0.5) is 0 Å². The fourth-order valence-electron chi connectivity index (χ4n) is 1.68. The van der Waals surface area contributed by atoms with Crippen LogP contribution in [0.5, 0.6) is 0 Å². The molecule has 1 aliphatic rings. The number of hydrogen-bond donors (Lipinski definition) is 2. The molecule has 0 aliphatic heterocycles. The van der Waals surface area contributed by atoms with Gasteiger partial charge in [-0.2, -0.15) is 0 Å². The van der Waals surface area contributed by atoms with Crippen LogP contribution >= 0.6 is 127 Å². The van der Waals surface area contributed by atoms with Crippen molar-refractivity contribution in [2.45, 2.75) is 32.3 Å². The molecule has 1 aromatic rings. The summed E-state index contributed by atoms with van der Waals surface area (Å²) in [6.45, 7) is -4.17. The molecule has 1 saturated carbocycles. The quantitative estimate of drug-likeness (QED) is 0.252. The predicted octanol–water partition coefficient (Wildman–Crippen LogP) is 7.49. The molecule has 2 rings (SSSR count). The molecule has 0 spiro atoms. The summed E-state index contributed by atoms with van der Waals surface area (Å²) in [6.07, 6.45) is 0. The van der Waals surface area contributed by atoms with Crippen molar-refractivity contribution in [2.24, 2.45) is 0 Å². The number of benzene rings is 1. The van der Waals surface area contributed by atoms with Crippen LogP contribution in [0.15, 0.2) is 30.3 Å². The maximum atomic E-state index is 9.09. The Balaban J connectivity index is 0.000000408. The predicted molar refractivity (Wildman–Crippen MR) is 128 cm³/mol.